The highest BCUT2D eigenvalue weighted by Gasteiger charge is 2.28. The van der Waals surface area contributed by atoms with Crippen LogP contribution >= 0.6 is 22.9 Å². The summed E-state index contributed by atoms with van der Waals surface area (Å²) in [5, 5.41) is 0. The lowest BCUT2D eigenvalue weighted by atomic mass is 10.0. The van der Waals surface area contributed by atoms with E-state index < -0.39 is 0 Å². The van der Waals surface area contributed by atoms with Crippen molar-refractivity contribution in [2.45, 2.75) is 25.0 Å². The van der Waals surface area contributed by atoms with E-state index in [0.717, 1.165) is 22.9 Å². The van der Waals surface area contributed by atoms with Gasteiger partial charge in [0.15, 0.2) is 0 Å². The van der Waals surface area contributed by atoms with E-state index >= 15 is 0 Å². The van der Waals surface area contributed by atoms with Gasteiger partial charge in [-0.15, -0.1) is 11.3 Å². The van der Waals surface area contributed by atoms with Crippen molar-refractivity contribution >= 4 is 22.9 Å². The maximum Gasteiger partial charge on any atom is 0.123 e. The fraction of sp³-hybridized carbons (Fsp3) is 0.286. The van der Waals surface area contributed by atoms with Crippen molar-refractivity contribution in [1.82, 2.24) is 0 Å². The second-order valence-corrected chi connectivity index (χ2v) is 6.34. The molecule has 2 nitrogen and oxygen atoms in total. The number of para-hydroxylation sites is 1. The molecule has 4 heteroatoms. The van der Waals surface area contributed by atoms with Gasteiger partial charge in [0.2, 0.25) is 0 Å². The molecule has 94 valence electrons. The molecule has 0 saturated heterocycles. The van der Waals surface area contributed by atoms with Gasteiger partial charge >= 0.3 is 0 Å². The predicted octanol–water partition coefficient (Wildman–Crippen LogP) is 3.28. The molecule has 2 unspecified atom stereocenters. The molecule has 0 amide bonds. The van der Waals surface area contributed by atoms with Crippen LogP contribution < -0.4 is 10.5 Å². The first kappa shape index (κ1) is 12.0. The molecule has 3 rings (SSSR count). The fourth-order valence-electron chi connectivity index (χ4n) is 2.27. The van der Waals surface area contributed by atoms with Gasteiger partial charge in [0.05, 0.1) is 4.34 Å². The van der Waals surface area contributed by atoms with Gasteiger partial charge in [0.1, 0.15) is 11.9 Å². The van der Waals surface area contributed by atoms with Crippen molar-refractivity contribution in [3.8, 4) is 5.75 Å². The number of thiophene rings is 1. The molecule has 0 fully saturated rings. The summed E-state index contributed by atoms with van der Waals surface area (Å²) in [6.45, 7) is 0. The largest absolute Gasteiger partial charge is 0.488 e. The first-order chi connectivity index (χ1) is 8.72. The van der Waals surface area contributed by atoms with Crippen LogP contribution in [0.15, 0.2) is 36.4 Å². The molecule has 1 aliphatic rings. The third-order valence-corrected chi connectivity index (χ3v) is 4.47. The molecule has 0 bridgehead atoms. The highest BCUT2D eigenvalue weighted by molar-refractivity contribution is 7.16. The summed E-state index contributed by atoms with van der Waals surface area (Å²) in [7, 11) is 0. The summed E-state index contributed by atoms with van der Waals surface area (Å²) in [6.07, 6.45) is 1.79. The third-order valence-electron chi connectivity index (χ3n) is 3.22. The van der Waals surface area contributed by atoms with E-state index in [1.54, 1.807) is 11.3 Å². The number of benzene rings is 1. The van der Waals surface area contributed by atoms with Crippen molar-refractivity contribution in [2.75, 3.05) is 0 Å². The molecular weight excluding hydrogens is 266 g/mol. The Balaban J connectivity index is 1.67. The number of nitrogens with two attached hydrogens (primary N) is 1. The molecule has 1 aromatic heterocycles. The number of rotatable bonds is 3. The van der Waals surface area contributed by atoms with Crippen molar-refractivity contribution in [3.05, 3.63) is 51.2 Å². The molecule has 0 spiro atoms. The van der Waals surface area contributed by atoms with E-state index in [1.807, 2.05) is 30.3 Å². The molecular formula is C14H14ClNOS. The smallest absolute Gasteiger partial charge is 0.123 e. The molecule has 2 aromatic rings. The molecule has 1 aliphatic heterocycles. The second-order valence-electron chi connectivity index (χ2n) is 4.54. The van der Waals surface area contributed by atoms with Gasteiger partial charge in [0, 0.05) is 23.8 Å². The lowest BCUT2D eigenvalue weighted by Crippen LogP contribution is -2.39. The Kier molecular flexibility index (Phi) is 3.29. The summed E-state index contributed by atoms with van der Waals surface area (Å²) in [5.74, 6) is 0.974. The highest BCUT2D eigenvalue weighted by atomic mass is 35.5. The van der Waals surface area contributed by atoms with Crippen LogP contribution in [0.25, 0.3) is 0 Å². The quantitative estimate of drug-likeness (QED) is 0.936. The third kappa shape index (κ3) is 2.39. The van der Waals surface area contributed by atoms with Crippen LogP contribution in [0.2, 0.25) is 4.34 Å². The predicted molar refractivity (Wildman–Crippen MR) is 75.6 cm³/mol. The van der Waals surface area contributed by atoms with Gasteiger partial charge in [-0.25, -0.2) is 0 Å². The van der Waals surface area contributed by atoms with Crippen molar-refractivity contribution in [3.63, 3.8) is 0 Å². The van der Waals surface area contributed by atoms with Crippen LogP contribution in [0.4, 0.5) is 0 Å². The van der Waals surface area contributed by atoms with Crippen molar-refractivity contribution < 1.29 is 4.74 Å². The Morgan fingerprint density at radius 1 is 1.33 bits per heavy atom. The van der Waals surface area contributed by atoms with Gasteiger partial charge in [-0.2, -0.15) is 0 Å². The zero-order valence-corrected chi connectivity index (χ0v) is 11.4. The first-order valence-corrected chi connectivity index (χ1v) is 7.16. The molecule has 2 atom stereocenters. The zero-order chi connectivity index (χ0) is 12.5. The molecule has 2 N–H and O–H groups in total. The second kappa shape index (κ2) is 4.92. The van der Waals surface area contributed by atoms with E-state index in [4.69, 9.17) is 22.1 Å². The molecule has 18 heavy (non-hydrogen) atoms. The number of fused-ring (bicyclic) bond motifs is 1. The van der Waals surface area contributed by atoms with Crippen LogP contribution in [0.1, 0.15) is 10.4 Å². The maximum absolute atomic E-state index is 6.24. The number of halogens is 1. The van der Waals surface area contributed by atoms with E-state index in [9.17, 15) is 0 Å². The van der Waals surface area contributed by atoms with E-state index in [-0.39, 0.29) is 12.1 Å². The van der Waals surface area contributed by atoms with Gasteiger partial charge in [0.25, 0.3) is 0 Å². The summed E-state index contributed by atoms with van der Waals surface area (Å²) >= 11 is 7.51. The standard InChI is InChI=1S/C14H14ClNOS/c15-14-6-5-10(18-14)8-11(16)13-7-9-3-1-2-4-12(9)17-13/h1-6,11,13H,7-8,16H2. The van der Waals surface area contributed by atoms with Crippen LogP contribution in [-0.2, 0) is 12.8 Å². The summed E-state index contributed by atoms with van der Waals surface area (Å²) in [6, 6.07) is 12.1. The monoisotopic (exact) mass is 279 g/mol. The number of ether oxygens (including phenoxy) is 1. The average Bonchev–Trinajstić information content (AvgIpc) is 2.95. The Morgan fingerprint density at radius 3 is 2.89 bits per heavy atom. The molecule has 0 aliphatic carbocycles. The molecule has 2 heterocycles. The van der Waals surface area contributed by atoms with Crippen LogP contribution in [0.3, 0.4) is 0 Å². The molecule has 0 saturated carbocycles. The Hall–Kier alpha value is -1.03. The Bertz CT molecular complexity index is 529. The average molecular weight is 280 g/mol. The summed E-state index contributed by atoms with van der Waals surface area (Å²) in [5.41, 5.74) is 7.49. The molecule has 1 aromatic carbocycles. The van der Waals surface area contributed by atoms with Crippen LogP contribution in [0.5, 0.6) is 5.75 Å². The van der Waals surface area contributed by atoms with E-state index in [1.165, 1.54) is 10.4 Å². The summed E-state index contributed by atoms with van der Waals surface area (Å²) in [4.78, 5) is 1.21. The number of hydrogen-bond acceptors (Lipinski definition) is 3. The fourth-order valence-corrected chi connectivity index (χ4v) is 3.43. The van der Waals surface area contributed by atoms with Crippen molar-refractivity contribution in [2.24, 2.45) is 5.73 Å². The van der Waals surface area contributed by atoms with Crippen molar-refractivity contribution in [1.29, 1.82) is 0 Å². The van der Waals surface area contributed by atoms with E-state index in [0.29, 0.717) is 0 Å². The topological polar surface area (TPSA) is 35.2 Å². The first-order valence-electron chi connectivity index (χ1n) is 5.97. The van der Waals surface area contributed by atoms with Gasteiger partial charge in [-0.3, -0.25) is 0 Å². The minimum absolute atomic E-state index is 0.00659. The minimum Gasteiger partial charge on any atom is -0.488 e. The SMILES string of the molecule is NC(Cc1ccc(Cl)s1)C1Cc2ccccc2O1. The minimum atomic E-state index is 0.00659. The Morgan fingerprint density at radius 2 is 2.17 bits per heavy atom. The van der Waals surface area contributed by atoms with Gasteiger partial charge < -0.3 is 10.5 Å². The van der Waals surface area contributed by atoms with E-state index in [2.05, 4.69) is 6.07 Å². The summed E-state index contributed by atoms with van der Waals surface area (Å²) < 4.78 is 6.71. The highest BCUT2D eigenvalue weighted by Crippen LogP contribution is 2.30. The Labute approximate surface area is 115 Å². The van der Waals surface area contributed by atoms with Gasteiger partial charge in [-0.05, 0) is 23.8 Å². The maximum atomic E-state index is 6.24. The zero-order valence-electron chi connectivity index (χ0n) is 9.80. The van der Waals surface area contributed by atoms with Crippen LogP contribution in [0, 0.1) is 0 Å². The van der Waals surface area contributed by atoms with Crippen LogP contribution in [-0.4, -0.2) is 12.1 Å². The lowest BCUT2D eigenvalue weighted by molar-refractivity contribution is 0.198. The molecule has 0 radical (unpaired) electrons. The lowest BCUT2D eigenvalue weighted by Gasteiger charge is -2.18. The van der Waals surface area contributed by atoms with Gasteiger partial charge in [-0.1, -0.05) is 29.8 Å². The number of hydrogen-bond donors (Lipinski definition) is 1. The normalized spacial score (nSPS) is 19.3.